The molecule has 0 aliphatic heterocycles. The van der Waals surface area contributed by atoms with Gasteiger partial charge in [0.25, 0.3) is 0 Å². The number of aryl methyl sites for hydroxylation is 1. The average Bonchev–Trinajstić information content (AvgIpc) is 2.30. The van der Waals surface area contributed by atoms with Crippen LogP contribution in [0.4, 0.5) is 11.4 Å². The van der Waals surface area contributed by atoms with Gasteiger partial charge in [0.15, 0.2) is 0 Å². The topological polar surface area (TPSA) is 58.2 Å². The van der Waals surface area contributed by atoms with Crippen molar-refractivity contribution in [1.29, 1.82) is 0 Å². The van der Waals surface area contributed by atoms with Crippen molar-refractivity contribution in [3.05, 3.63) is 23.8 Å². The average molecular weight is 284 g/mol. The van der Waals surface area contributed by atoms with Crippen molar-refractivity contribution in [2.45, 2.75) is 46.1 Å². The molecule has 0 fully saturated rings. The maximum absolute atomic E-state index is 11.2. The highest BCUT2D eigenvalue weighted by Crippen LogP contribution is 2.22. The molecule has 1 aromatic carbocycles. The number of anilines is 2. The van der Waals surface area contributed by atoms with E-state index in [2.05, 4.69) is 23.9 Å². The summed E-state index contributed by atoms with van der Waals surface area (Å²) in [4.78, 5) is 0. The number of rotatable bonds is 7. The van der Waals surface area contributed by atoms with Crippen molar-refractivity contribution in [3.63, 3.8) is 0 Å². The molecular formula is C14H24N2O2S. The Morgan fingerprint density at radius 3 is 2.42 bits per heavy atom. The fourth-order valence-electron chi connectivity index (χ4n) is 2.03. The van der Waals surface area contributed by atoms with E-state index in [1.54, 1.807) is 6.07 Å². The maximum Gasteiger partial charge on any atom is 0.229 e. The molecule has 2 N–H and O–H groups in total. The summed E-state index contributed by atoms with van der Waals surface area (Å²) < 4.78 is 25.0. The zero-order chi connectivity index (χ0) is 14.5. The number of hydrogen-bond donors (Lipinski definition) is 2. The summed E-state index contributed by atoms with van der Waals surface area (Å²) in [6.45, 7) is 6.24. The minimum atomic E-state index is -3.22. The van der Waals surface area contributed by atoms with E-state index in [1.165, 1.54) is 0 Å². The van der Waals surface area contributed by atoms with Crippen LogP contribution < -0.4 is 10.0 Å². The Labute approximate surface area is 116 Å². The van der Waals surface area contributed by atoms with E-state index in [1.807, 2.05) is 19.1 Å². The maximum atomic E-state index is 11.2. The van der Waals surface area contributed by atoms with Gasteiger partial charge in [-0.2, -0.15) is 0 Å². The van der Waals surface area contributed by atoms with Crippen LogP contribution in [0.15, 0.2) is 18.2 Å². The van der Waals surface area contributed by atoms with Crippen LogP contribution in [0.1, 0.15) is 38.7 Å². The minimum Gasteiger partial charge on any atom is -0.382 e. The second kappa shape index (κ2) is 6.80. The van der Waals surface area contributed by atoms with E-state index >= 15 is 0 Å². The Bertz CT molecular complexity index is 512. The number of nitrogens with one attached hydrogen (secondary N) is 2. The summed E-state index contributed by atoms with van der Waals surface area (Å²) in [6, 6.07) is 6.17. The first-order valence-electron chi connectivity index (χ1n) is 6.70. The predicted molar refractivity (Wildman–Crippen MR) is 82.3 cm³/mol. The van der Waals surface area contributed by atoms with Crippen molar-refractivity contribution < 1.29 is 8.42 Å². The van der Waals surface area contributed by atoms with Gasteiger partial charge >= 0.3 is 0 Å². The number of hydrogen-bond acceptors (Lipinski definition) is 3. The lowest BCUT2D eigenvalue weighted by molar-refractivity contribution is 0.606. The first-order valence-corrected chi connectivity index (χ1v) is 8.59. The third-order valence-corrected chi connectivity index (χ3v) is 3.61. The van der Waals surface area contributed by atoms with Gasteiger partial charge in [0.2, 0.25) is 10.0 Å². The summed E-state index contributed by atoms with van der Waals surface area (Å²) in [5, 5.41) is 3.48. The monoisotopic (exact) mass is 284 g/mol. The van der Waals surface area contributed by atoms with Crippen molar-refractivity contribution in [3.8, 4) is 0 Å². The molecule has 0 saturated carbocycles. The molecule has 0 aromatic heterocycles. The SMILES string of the molecule is CCCC(CC)Nc1ccc(NS(C)(=O)=O)c(C)c1. The molecule has 4 nitrogen and oxygen atoms in total. The third-order valence-electron chi connectivity index (χ3n) is 3.02. The fourth-order valence-corrected chi connectivity index (χ4v) is 2.66. The Hall–Kier alpha value is -1.23. The van der Waals surface area contributed by atoms with Crippen LogP contribution in [-0.2, 0) is 10.0 Å². The predicted octanol–water partition coefficient (Wildman–Crippen LogP) is 3.36. The summed E-state index contributed by atoms with van der Waals surface area (Å²) >= 11 is 0. The van der Waals surface area contributed by atoms with Gasteiger partial charge in [-0.1, -0.05) is 20.3 Å². The molecule has 0 saturated heterocycles. The van der Waals surface area contributed by atoms with Crippen LogP contribution in [0.25, 0.3) is 0 Å². The second-order valence-electron chi connectivity index (χ2n) is 4.94. The lowest BCUT2D eigenvalue weighted by Crippen LogP contribution is -2.18. The van der Waals surface area contributed by atoms with E-state index in [4.69, 9.17) is 0 Å². The molecule has 0 heterocycles. The minimum absolute atomic E-state index is 0.470. The zero-order valence-electron chi connectivity index (χ0n) is 12.2. The van der Waals surface area contributed by atoms with Gasteiger partial charge in [-0.15, -0.1) is 0 Å². The molecule has 0 aliphatic carbocycles. The highest BCUT2D eigenvalue weighted by atomic mass is 32.2. The van der Waals surface area contributed by atoms with Crippen LogP contribution in [0.3, 0.4) is 0 Å². The van der Waals surface area contributed by atoms with Gasteiger partial charge in [0, 0.05) is 11.7 Å². The van der Waals surface area contributed by atoms with E-state index < -0.39 is 10.0 Å². The Morgan fingerprint density at radius 2 is 1.95 bits per heavy atom. The van der Waals surface area contributed by atoms with E-state index in [-0.39, 0.29) is 0 Å². The van der Waals surface area contributed by atoms with Gasteiger partial charge in [-0.25, -0.2) is 8.42 Å². The van der Waals surface area contributed by atoms with E-state index in [0.29, 0.717) is 11.7 Å². The quantitative estimate of drug-likeness (QED) is 0.807. The van der Waals surface area contributed by atoms with E-state index in [9.17, 15) is 8.42 Å². The van der Waals surface area contributed by atoms with Gasteiger partial charge < -0.3 is 5.32 Å². The Balaban J connectivity index is 2.81. The molecule has 5 heteroatoms. The highest BCUT2D eigenvalue weighted by Gasteiger charge is 2.08. The van der Waals surface area contributed by atoms with Gasteiger partial charge in [0.1, 0.15) is 0 Å². The Morgan fingerprint density at radius 1 is 1.26 bits per heavy atom. The summed E-state index contributed by atoms with van der Waals surface area (Å²) in [5.41, 5.74) is 2.59. The normalized spacial score (nSPS) is 13.1. The van der Waals surface area contributed by atoms with Crippen molar-refractivity contribution in [2.75, 3.05) is 16.3 Å². The fraction of sp³-hybridized carbons (Fsp3) is 0.571. The van der Waals surface area contributed by atoms with Crippen LogP contribution in [0.2, 0.25) is 0 Å². The van der Waals surface area contributed by atoms with Crippen molar-refractivity contribution in [2.24, 2.45) is 0 Å². The summed E-state index contributed by atoms with van der Waals surface area (Å²) in [7, 11) is -3.22. The molecule has 108 valence electrons. The number of sulfonamides is 1. The molecule has 0 amide bonds. The summed E-state index contributed by atoms with van der Waals surface area (Å²) in [5.74, 6) is 0. The zero-order valence-corrected chi connectivity index (χ0v) is 13.0. The first-order chi connectivity index (χ1) is 8.85. The number of benzene rings is 1. The molecule has 1 unspecified atom stereocenters. The Kier molecular flexibility index (Phi) is 5.66. The third kappa shape index (κ3) is 5.51. The standard InChI is InChI=1S/C14H24N2O2S/c1-5-7-12(6-2)15-13-8-9-14(11(3)10-13)16-19(4,17)18/h8-10,12,15-16H,5-7H2,1-4H3. The van der Waals surface area contributed by atoms with Crippen molar-refractivity contribution in [1.82, 2.24) is 0 Å². The van der Waals surface area contributed by atoms with Crippen LogP contribution >= 0.6 is 0 Å². The van der Waals surface area contributed by atoms with Gasteiger partial charge in [0.05, 0.1) is 11.9 Å². The molecular weight excluding hydrogens is 260 g/mol. The molecule has 1 aromatic rings. The van der Waals surface area contributed by atoms with Crippen LogP contribution in [-0.4, -0.2) is 20.7 Å². The lowest BCUT2D eigenvalue weighted by atomic mass is 10.1. The first kappa shape index (κ1) is 15.8. The summed E-state index contributed by atoms with van der Waals surface area (Å²) in [6.07, 6.45) is 4.53. The molecule has 0 spiro atoms. The van der Waals surface area contributed by atoms with Crippen LogP contribution in [0.5, 0.6) is 0 Å². The van der Waals surface area contributed by atoms with Crippen molar-refractivity contribution >= 4 is 21.4 Å². The second-order valence-corrected chi connectivity index (χ2v) is 6.69. The molecule has 1 rings (SSSR count). The van der Waals surface area contributed by atoms with Gasteiger partial charge in [-0.3, -0.25) is 4.72 Å². The van der Waals surface area contributed by atoms with E-state index in [0.717, 1.165) is 36.8 Å². The van der Waals surface area contributed by atoms with Crippen LogP contribution in [0, 0.1) is 6.92 Å². The highest BCUT2D eigenvalue weighted by molar-refractivity contribution is 7.92. The largest absolute Gasteiger partial charge is 0.382 e. The molecule has 1 atom stereocenters. The smallest absolute Gasteiger partial charge is 0.229 e. The molecule has 0 radical (unpaired) electrons. The lowest BCUT2D eigenvalue weighted by Gasteiger charge is -2.18. The van der Waals surface area contributed by atoms with Gasteiger partial charge in [-0.05, 0) is 43.5 Å². The molecule has 0 aliphatic rings. The molecule has 0 bridgehead atoms. The molecule has 19 heavy (non-hydrogen) atoms.